The Hall–Kier alpha value is -1.33. The minimum Gasteiger partial charge on any atom is -0.385 e. The quantitative estimate of drug-likeness (QED) is 0.357. The van der Waals surface area contributed by atoms with Crippen LogP contribution in [0.4, 0.5) is 11.5 Å². The molecule has 5 heteroatoms. The number of rotatable bonds is 6. The number of nitrogens with two attached hydrogens (primary N) is 1. The lowest BCUT2D eigenvalue weighted by atomic mass is 10.3. The fraction of sp³-hybridized carbons (Fsp3) is 0.444. The monoisotopic (exact) mass is 196 g/mol. The molecule has 0 fully saturated rings. The highest BCUT2D eigenvalue weighted by Gasteiger charge is 1.94. The minimum absolute atomic E-state index is 0.654. The molecule has 0 aliphatic heterocycles. The van der Waals surface area contributed by atoms with E-state index in [-0.39, 0.29) is 0 Å². The second kappa shape index (κ2) is 6.17. The third-order valence-electron chi connectivity index (χ3n) is 1.76. The van der Waals surface area contributed by atoms with Gasteiger partial charge in [0.2, 0.25) is 0 Å². The summed E-state index contributed by atoms with van der Waals surface area (Å²) in [5, 5.41) is 3.24. The first-order valence-corrected chi connectivity index (χ1v) is 4.52. The van der Waals surface area contributed by atoms with Gasteiger partial charge in [0.15, 0.2) is 0 Å². The fourth-order valence-corrected chi connectivity index (χ4v) is 1.07. The molecule has 5 nitrogen and oxygen atoms in total. The van der Waals surface area contributed by atoms with E-state index in [4.69, 9.17) is 10.6 Å². The van der Waals surface area contributed by atoms with Crippen molar-refractivity contribution in [2.45, 2.75) is 6.42 Å². The second-order valence-corrected chi connectivity index (χ2v) is 2.85. The van der Waals surface area contributed by atoms with Gasteiger partial charge in [-0.25, -0.2) is 10.8 Å². The molecule has 0 aliphatic carbocycles. The van der Waals surface area contributed by atoms with E-state index in [1.54, 1.807) is 13.3 Å². The molecular formula is C9H16N4O. The van der Waals surface area contributed by atoms with Crippen LogP contribution < -0.4 is 16.6 Å². The van der Waals surface area contributed by atoms with Gasteiger partial charge in [-0.15, -0.1) is 0 Å². The van der Waals surface area contributed by atoms with Crippen LogP contribution in [0.5, 0.6) is 0 Å². The summed E-state index contributed by atoms with van der Waals surface area (Å²) >= 11 is 0. The number of methoxy groups -OCH3 is 1. The topological polar surface area (TPSA) is 72.2 Å². The van der Waals surface area contributed by atoms with Gasteiger partial charge in [-0.05, 0) is 12.5 Å². The highest BCUT2D eigenvalue weighted by molar-refractivity contribution is 5.51. The smallest absolute Gasteiger partial charge is 0.141 e. The molecular weight excluding hydrogens is 180 g/mol. The van der Waals surface area contributed by atoms with E-state index in [9.17, 15) is 0 Å². The number of nitrogens with one attached hydrogen (secondary N) is 2. The van der Waals surface area contributed by atoms with Crippen LogP contribution in [0.3, 0.4) is 0 Å². The van der Waals surface area contributed by atoms with Gasteiger partial charge in [-0.1, -0.05) is 0 Å². The first-order chi connectivity index (χ1) is 6.86. The predicted molar refractivity (Wildman–Crippen MR) is 57.0 cm³/mol. The molecule has 1 aromatic rings. The standard InChI is InChI=1S/C9H16N4O/c1-14-6-2-4-11-8-3-5-12-9(7-8)13-10/h3,5,7H,2,4,6,10H2,1H3,(H2,11,12,13). The zero-order chi connectivity index (χ0) is 10.2. The number of nitrogens with zero attached hydrogens (tertiary/aromatic N) is 1. The van der Waals surface area contributed by atoms with Crippen LogP contribution in [0.25, 0.3) is 0 Å². The summed E-state index contributed by atoms with van der Waals surface area (Å²) < 4.78 is 4.94. The van der Waals surface area contributed by atoms with E-state index < -0.39 is 0 Å². The van der Waals surface area contributed by atoms with Gasteiger partial charge in [0.05, 0.1) is 0 Å². The first kappa shape index (κ1) is 10.7. The lowest BCUT2D eigenvalue weighted by Gasteiger charge is -2.06. The molecule has 14 heavy (non-hydrogen) atoms. The summed E-state index contributed by atoms with van der Waals surface area (Å²) in [6.45, 7) is 1.64. The maximum Gasteiger partial charge on any atom is 0.141 e. The summed E-state index contributed by atoms with van der Waals surface area (Å²) in [6.07, 6.45) is 2.68. The van der Waals surface area contributed by atoms with Crippen molar-refractivity contribution in [2.75, 3.05) is 31.0 Å². The number of hydrazine groups is 1. The molecule has 0 amide bonds. The Morgan fingerprint density at radius 1 is 1.57 bits per heavy atom. The Balaban J connectivity index is 2.34. The van der Waals surface area contributed by atoms with Gasteiger partial charge in [0, 0.05) is 38.2 Å². The molecule has 0 saturated carbocycles. The van der Waals surface area contributed by atoms with E-state index in [1.165, 1.54) is 0 Å². The maximum atomic E-state index is 5.23. The zero-order valence-electron chi connectivity index (χ0n) is 8.29. The predicted octanol–water partition coefficient (Wildman–Crippen LogP) is 0.816. The largest absolute Gasteiger partial charge is 0.385 e. The number of aromatic nitrogens is 1. The van der Waals surface area contributed by atoms with Crippen molar-refractivity contribution in [2.24, 2.45) is 5.84 Å². The van der Waals surface area contributed by atoms with E-state index >= 15 is 0 Å². The molecule has 1 rings (SSSR count). The van der Waals surface area contributed by atoms with Gasteiger partial charge in [0.1, 0.15) is 5.82 Å². The molecule has 0 saturated heterocycles. The summed E-state index contributed by atoms with van der Waals surface area (Å²) in [5.41, 5.74) is 3.50. The number of ether oxygens (including phenoxy) is 1. The van der Waals surface area contributed by atoms with Crippen LogP contribution >= 0.6 is 0 Å². The molecule has 0 atom stereocenters. The molecule has 4 N–H and O–H groups in total. The fourth-order valence-electron chi connectivity index (χ4n) is 1.07. The Morgan fingerprint density at radius 3 is 3.14 bits per heavy atom. The number of pyridine rings is 1. The van der Waals surface area contributed by atoms with Crippen molar-refractivity contribution >= 4 is 11.5 Å². The number of hydrogen-bond donors (Lipinski definition) is 3. The Kier molecular flexibility index (Phi) is 4.74. The third-order valence-corrected chi connectivity index (χ3v) is 1.76. The van der Waals surface area contributed by atoms with Crippen molar-refractivity contribution in [3.8, 4) is 0 Å². The lowest BCUT2D eigenvalue weighted by molar-refractivity contribution is 0.198. The van der Waals surface area contributed by atoms with Crippen molar-refractivity contribution in [1.29, 1.82) is 0 Å². The number of nitrogen functional groups attached to an aromatic ring is 1. The van der Waals surface area contributed by atoms with Crippen molar-refractivity contribution < 1.29 is 4.74 Å². The SMILES string of the molecule is COCCCNc1ccnc(NN)c1. The van der Waals surface area contributed by atoms with Crippen molar-refractivity contribution in [3.05, 3.63) is 18.3 Å². The van der Waals surface area contributed by atoms with Crippen LogP contribution in [-0.4, -0.2) is 25.2 Å². The van der Waals surface area contributed by atoms with Gasteiger partial charge < -0.3 is 15.5 Å². The van der Waals surface area contributed by atoms with Gasteiger partial charge in [-0.2, -0.15) is 0 Å². The Labute approximate surface area is 83.6 Å². The molecule has 0 unspecified atom stereocenters. The van der Waals surface area contributed by atoms with Crippen LogP contribution in [0.1, 0.15) is 6.42 Å². The highest BCUT2D eigenvalue weighted by atomic mass is 16.5. The van der Waals surface area contributed by atoms with E-state index in [2.05, 4.69) is 15.7 Å². The first-order valence-electron chi connectivity index (χ1n) is 4.52. The average Bonchev–Trinajstić information content (AvgIpc) is 2.25. The Bertz CT molecular complexity index is 267. The summed E-state index contributed by atoms with van der Waals surface area (Å²) in [6, 6.07) is 3.75. The summed E-state index contributed by atoms with van der Waals surface area (Å²) in [7, 11) is 1.70. The van der Waals surface area contributed by atoms with Crippen LogP contribution in [0.2, 0.25) is 0 Å². The van der Waals surface area contributed by atoms with Crippen molar-refractivity contribution in [3.63, 3.8) is 0 Å². The molecule has 1 aromatic heterocycles. The van der Waals surface area contributed by atoms with Crippen molar-refractivity contribution in [1.82, 2.24) is 4.98 Å². The van der Waals surface area contributed by atoms with Crippen LogP contribution in [0, 0.1) is 0 Å². The molecule has 0 aliphatic rings. The van der Waals surface area contributed by atoms with E-state index in [0.717, 1.165) is 25.3 Å². The zero-order valence-corrected chi connectivity index (χ0v) is 8.29. The van der Waals surface area contributed by atoms with Crippen LogP contribution in [0.15, 0.2) is 18.3 Å². The average molecular weight is 196 g/mol. The summed E-state index contributed by atoms with van der Waals surface area (Å²) in [5.74, 6) is 5.89. The summed E-state index contributed by atoms with van der Waals surface area (Å²) in [4.78, 5) is 4.00. The molecule has 78 valence electrons. The minimum atomic E-state index is 0.654. The molecule has 0 spiro atoms. The van der Waals surface area contributed by atoms with E-state index in [1.807, 2.05) is 12.1 Å². The van der Waals surface area contributed by atoms with Gasteiger partial charge in [0.25, 0.3) is 0 Å². The lowest BCUT2D eigenvalue weighted by Crippen LogP contribution is -2.09. The molecule has 1 heterocycles. The van der Waals surface area contributed by atoms with Gasteiger partial charge in [-0.3, -0.25) is 0 Å². The van der Waals surface area contributed by atoms with Crippen LogP contribution in [-0.2, 0) is 4.74 Å². The second-order valence-electron chi connectivity index (χ2n) is 2.85. The normalized spacial score (nSPS) is 9.86. The highest BCUT2D eigenvalue weighted by Crippen LogP contribution is 2.10. The molecule has 0 bridgehead atoms. The number of hydrogen-bond acceptors (Lipinski definition) is 5. The molecule has 0 radical (unpaired) electrons. The van der Waals surface area contributed by atoms with Gasteiger partial charge >= 0.3 is 0 Å². The maximum absolute atomic E-state index is 5.23. The Morgan fingerprint density at radius 2 is 2.43 bits per heavy atom. The molecule has 0 aromatic carbocycles. The van der Waals surface area contributed by atoms with E-state index in [0.29, 0.717) is 5.82 Å². The number of anilines is 2. The third kappa shape index (κ3) is 3.59.